The predicted molar refractivity (Wildman–Crippen MR) is 58.6 cm³/mol. The maximum Gasteiger partial charge on any atom is 0.337 e. The molecule has 3 nitrogen and oxygen atoms in total. The standard InChI is InChI=1S/C10H10BrNO2/c11-4-2-1-3-8-5-9(10(13)14)7-12-6-8/h1,3,5-7H,2,4H2,(H,13,14). The smallest absolute Gasteiger partial charge is 0.337 e. The maximum absolute atomic E-state index is 10.6. The summed E-state index contributed by atoms with van der Waals surface area (Å²) in [7, 11) is 0. The van der Waals surface area contributed by atoms with Crippen molar-refractivity contribution in [1.82, 2.24) is 4.98 Å². The molecular formula is C10H10BrNO2. The van der Waals surface area contributed by atoms with Crippen molar-refractivity contribution in [3.8, 4) is 0 Å². The van der Waals surface area contributed by atoms with Gasteiger partial charge in [-0.05, 0) is 18.1 Å². The van der Waals surface area contributed by atoms with E-state index < -0.39 is 5.97 Å². The molecule has 1 aromatic rings. The van der Waals surface area contributed by atoms with E-state index in [2.05, 4.69) is 20.9 Å². The summed E-state index contributed by atoms with van der Waals surface area (Å²) in [5.74, 6) is -0.951. The van der Waals surface area contributed by atoms with Crippen LogP contribution in [-0.4, -0.2) is 21.4 Å². The van der Waals surface area contributed by atoms with Crippen molar-refractivity contribution in [3.63, 3.8) is 0 Å². The summed E-state index contributed by atoms with van der Waals surface area (Å²) >= 11 is 3.30. The second-order valence-corrected chi connectivity index (χ2v) is 3.49. The molecule has 14 heavy (non-hydrogen) atoms. The van der Waals surface area contributed by atoms with Crippen molar-refractivity contribution >= 4 is 28.0 Å². The molecule has 0 bridgehead atoms. The fraction of sp³-hybridized carbons (Fsp3) is 0.200. The summed E-state index contributed by atoms with van der Waals surface area (Å²) in [5, 5.41) is 9.61. The number of nitrogens with zero attached hydrogens (tertiary/aromatic N) is 1. The van der Waals surface area contributed by atoms with Crippen LogP contribution in [0.2, 0.25) is 0 Å². The van der Waals surface area contributed by atoms with Crippen LogP contribution in [0, 0.1) is 0 Å². The molecule has 1 aromatic heterocycles. The van der Waals surface area contributed by atoms with E-state index in [1.165, 1.54) is 6.20 Å². The van der Waals surface area contributed by atoms with Gasteiger partial charge in [0.25, 0.3) is 0 Å². The SMILES string of the molecule is O=C(O)c1cncc(C=CCCBr)c1. The first-order valence-corrected chi connectivity index (χ1v) is 5.27. The highest BCUT2D eigenvalue weighted by molar-refractivity contribution is 9.09. The summed E-state index contributed by atoms with van der Waals surface area (Å²) in [6, 6.07) is 1.60. The largest absolute Gasteiger partial charge is 0.478 e. The Morgan fingerprint density at radius 2 is 2.36 bits per heavy atom. The average molecular weight is 256 g/mol. The number of hydrogen-bond acceptors (Lipinski definition) is 2. The highest BCUT2D eigenvalue weighted by Crippen LogP contribution is 2.05. The molecule has 1 rings (SSSR count). The van der Waals surface area contributed by atoms with Crippen LogP contribution < -0.4 is 0 Å². The number of hydrogen-bond donors (Lipinski definition) is 1. The lowest BCUT2D eigenvalue weighted by Gasteiger charge is -1.95. The number of aromatic nitrogens is 1. The predicted octanol–water partition coefficient (Wildman–Crippen LogP) is 2.58. The van der Waals surface area contributed by atoms with Crippen LogP contribution in [0.1, 0.15) is 22.3 Å². The number of halogens is 1. The summed E-state index contributed by atoms with van der Waals surface area (Å²) in [5.41, 5.74) is 1.02. The molecule has 1 N–H and O–H groups in total. The molecule has 0 spiro atoms. The van der Waals surface area contributed by atoms with Crippen LogP contribution in [0.4, 0.5) is 0 Å². The Labute approximate surface area is 90.6 Å². The van der Waals surface area contributed by atoms with E-state index in [0.29, 0.717) is 0 Å². The molecule has 0 aliphatic rings. The zero-order chi connectivity index (χ0) is 10.4. The molecule has 0 unspecified atom stereocenters. The Morgan fingerprint density at radius 3 is 3.00 bits per heavy atom. The van der Waals surface area contributed by atoms with Crippen LogP contribution in [0.15, 0.2) is 24.5 Å². The number of allylic oxidation sites excluding steroid dienone is 1. The molecule has 0 atom stereocenters. The van der Waals surface area contributed by atoms with E-state index in [9.17, 15) is 4.79 Å². The molecule has 0 aromatic carbocycles. The van der Waals surface area contributed by atoms with Gasteiger partial charge in [-0.2, -0.15) is 0 Å². The van der Waals surface area contributed by atoms with Crippen LogP contribution in [0.3, 0.4) is 0 Å². The first kappa shape index (κ1) is 10.9. The van der Waals surface area contributed by atoms with Crippen molar-refractivity contribution in [2.75, 3.05) is 5.33 Å². The highest BCUT2D eigenvalue weighted by Gasteiger charge is 2.01. The second-order valence-electron chi connectivity index (χ2n) is 2.69. The van der Waals surface area contributed by atoms with E-state index in [1.807, 2.05) is 12.2 Å². The van der Waals surface area contributed by atoms with Gasteiger partial charge in [0.15, 0.2) is 0 Å². The second kappa shape index (κ2) is 5.54. The van der Waals surface area contributed by atoms with Crippen molar-refractivity contribution in [2.45, 2.75) is 6.42 Å². The van der Waals surface area contributed by atoms with Gasteiger partial charge in [0.2, 0.25) is 0 Å². The number of carboxylic acid groups (broad SMARTS) is 1. The van der Waals surface area contributed by atoms with E-state index in [-0.39, 0.29) is 5.56 Å². The van der Waals surface area contributed by atoms with E-state index in [4.69, 9.17) is 5.11 Å². The molecule has 4 heteroatoms. The van der Waals surface area contributed by atoms with Gasteiger partial charge in [-0.1, -0.05) is 28.1 Å². The van der Waals surface area contributed by atoms with E-state index >= 15 is 0 Å². The minimum absolute atomic E-state index is 0.214. The van der Waals surface area contributed by atoms with Gasteiger partial charge >= 0.3 is 5.97 Å². The van der Waals surface area contributed by atoms with Gasteiger partial charge in [0.05, 0.1) is 5.56 Å². The van der Waals surface area contributed by atoms with Crippen LogP contribution in [0.5, 0.6) is 0 Å². The number of carbonyl (C=O) groups is 1. The van der Waals surface area contributed by atoms with E-state index in [0.717, 1.165) is 17.3 Å². The van der Waals surface area contributed by atoms with Crippen molar-refractivity contribution in [3.05, 3.63) is 35.7 Å². The van der Waals surface area contributed by atoms with Gasteiger partial charge in [0.1, 0.15) is 0 Å². The minimum Gasteiger partial charge on any atom is -0.478 e. The third-order valence-electron chi connectivity index (χ3n) is 1.59. The quantitative estimate of drug-likeness (QED) is 0.842. The zero-order valence-electron chi connectivity index (χ0n) is 7.48. The normalized spacial score (nSPS) is 10.6. The molecule has 0 saturated heterocycles. The maximum atomic E-state index is 10.6. The molecule has 74 valence electrons. The Kier molecular flexibility index (Phi) is 4.32. The minimum atomic E-state index is -0.951. The molecular weight excluding hydrogens is 246 g/mol. The summed E-state index contributed by atoms with van der Waals surface area (Å²) < 4.78 is 0. The fourth-order valence-corrected chi connectivity index (χ4v) is 1.21. The van der Waals surface area contributed by atoms with Gasteiger partial charge in [-0.25, -0.2) is 4.79 Å². The van der Waals surface area contributed by atoms with Gasteiger partial charge in [-0.3, -0.25) is 4.98 Å². The molecule has 0 amide bonds. The lowest BCUT2D eigenvalue weighted by Crippen LogP contribution is -1.96. The first-order valence-electron chi connectivity index (χ1n) is 4.15. The summed E-state index contributed by atoms with van der Waals surface area (Å²) in [6.45, 7) is 0. The topological polar surface area (TPSA) is 50.2 Å². The third kappa shape index (κ3) is 3.30. The zero-order valence-corrected chi connectivity index (χ0v) is 9.07. The van der Waals surface area contributed by atoms with Crippen LogP contribution in [0.25, 0.3) is 6.08 Å². The summed E-state index contributed by atoms with van der Waals surface area (Å²) in [4.78, 5) is 14.5. The van der Waals surface area contributed by atoms with Gasteiger partial charge in [-0.15, -0.1) is 0 Å². The molecule has 0 radical (unpaired) electrons. The number of aromatic carboxylic acids is 1. The van der Waals surface area contributed by atoms with Crippen LogP contribution >= 0.6 is 15.9 Å². The van der Waals surface area contributed by atoms with Crippen molar-refractivity contribution in [2.24, 2.45) is 0 Å². The Hall–Kier alpha value is -1.16. The highest BCUT2D eigenvalue weighted by atomic mass is 79.9. The monoisotopic (exact) mass is 255 g/mol. The number of carboxylic acids is 1. The average Bonchev–Trinajstić information content (AvgIpc) is 2.19. The third-order valence-corrected chi connectivity index (χ3v) is 2.05. The Balaban J connectivity index is 2.78. The molecule has 0 aliphatic heterocycles. The molecule has 1 heterocycles. The molecule has 0 aliphatic carbocycles. The fourth-order valence-electron chi connectivity index (χ4n) is 0.948. The Morgan fingerprint density at radius 1 is 1.57 bits per heavy atom. The van der Waals surface area contributed by atoms with Crippen molar-refractivity contribution in [1.29, 1.82) is 0 Å². The number of rotatable bonds is 4. The molecule has 0 saturated carbocycles. The number of pyridine rings is 1. The Bertz CT molecular complexity index is 350. The van der Waals surface area contributed by atoms with Crippen molar-refractivity contribution < 1.29 is 9.90 Å². The lowest BCUT2D eigenvalue weighted by molar-refractivity contribution is 0.0696. The summed E-state index contributed by atoms with van der Waals surface area (Å²) in [6.07, 6.45) is 7.72. The van der Waals surface area contributed by atoms with Gasteiger partial charge in [0, 0.05) is 17.7 Å². The van der Waals surface area contributed by atoms with Gasteiger partial charge < -0.3 is 5.11 Å². The lowest BCUT2D eigenvalue weighted by atomic mass is 10.2. The molecule has 0 fully saturated rings. The van der Waals surface area contributed by atoms with E-state index in [1.54, 1.807) is 12.3 Å². The first-order chi connectivity index (χ1) is 6.74. The number of alkyl halides is 1. The van der Waals surface area contributed by atoms with Crippen LogP contribution in [-0.2, 0) is 0 Å².